The van der Waals surface area contributed by atoms with Crippen molar-refractivity contribution in [1.82, 2.24) is 5.32 Å². The molecule has 0 aromatic carbocycles. The Morgan fingerprint density at radius 3 is 2.47 bits per heavy atom. The first-order valence-electron chi connectivity index (χ1n) is 7.69. The van der Waals surface area contributed by atoms with Crippen LogP contribution in [0.1, 0.15) is 46.5 Å². The summed E-state index contributed by atoms with van der Waals surface area (Å²) in [7, 11) is 0. The van der Waals surface area contributed by atoms with Crippen LogP contribution in [-0.2, 0) is 4.74 Å². The molecular formula is C15H31NO3. The maximum absolute atomic E-state index is 9.85. The Morgan fingerprint density at radius 1 is 1.16 bits per heavy atom. The lowest BCUT2D eigenvalue weighted by atomic mass is 9.88. The van der Waals surface area contributed by atoms with Crippen molar-refractivity contribution in [2.24, 2.45) is 11.8 Å². The van der Waals surface area contributed by atoms with Gasteiger partial charge in [-0.2, -0.15) is 0 Å². The summed E-state index contributed by atoms with van der Waals surface area (Å²) < 4.78 is 5.81. The van der Waals surface area contributed by atoms with Gasteiger partial charge < -0.3 is 20.3 Å². The molecule has 4 heteroatoms. The molecule has 0 saturated heterocycles. The molecule has 0 amide bonds. The molecule has 4 atom stereocenters. The van der Waals surface area contributed by atoms with Gasteiger partial charge in [0.25, 0.3) is 0 Å². The van der Waals surface area contributed by atoms with E-state index in [2.05, 4.69) is 12.2 Å². The highest BCUT2D eigenvalue weighted by Crippen LogP contribution is 2.26. The van der Waals surface area contributed by atoms with Crippen LogP contribution in [0.25, 0.3) is 0 Å². The Hall–Kier alpha value is -0.160. The molecule has 19 heavy (non-hydrogen) atoms. The van der Waals surface area contributed by atoms with Crippen LogP contribution in [0.4, 0.5) is 0 Å². The molecule has 0 aromatic heterocycles. The fourth-order valence-electron chi connectivity index (χ4n) is 2.46. The summed E-state index contributed by atoms with van der Waals surface area (Å²) in [5, 5.41) is 22.6. The van der Waals surface area contributed by atoms with Gasteiger partial charge in [0.2, 0.25) is 0 Å². The average Bonchev–Trinajstić information content (AvgIpc) is 2.37. The SMILES string of the molecule is CC(C)C(O)CNCC(O)COC1CCCCC1C. The summed E-state index contributed by atoms with van der Waals surface area (Å²) in [5.74, 6) is 0.848. The number of hydrogen-bond acceptors (Lipinski definition) is 4. The first-order valence-corrected chi connectivity index (χ1v) is 7.69. The minimum absolute atomic E-state index is 0.240. The normalized spacial score (nSPS) is 27.5. The maximum Gasteiger partial charge on any atom is 0.0897 e. The Bertz CT molecular complexity index is 235. The van der Waals surface area contributed by atoms with Gasteiger partial charge >= 0.3 is 0 Å². The van der Waals surface area contributed by atoms with E-state index < -0.39 is 6.10 Å². The van der Waals surface area contributed by atoms with Crippen molar-refractivity contribution in [3.8, 4) is 0 Å². The van der Waals surface area contributed by atoms with E-state index in [-0.39, 0.29) is 12.0 Å². The van der Waals surface area contributed by atoms with Crippen LogP contribution in [0.3, 0.4) is 0 Å². The number of ether oxygens (including phenoxy) is 1. The lowest BCUT2D eigenvalue weighted by Crippen LogP contribution is -2.38. The minimum Gasteiger partial charge on any atom is -0.392 e. The molecule has 0 heterocycles. The van der Waals surface area contributed by atoms with Crippen LogP contribution in [0.5, 0.6) is 0 Å². The molecule has 0 aromatic rings. The lowest BCUT2D eigenvalue weighted by Gasteiger charge is -2.29. The average molecular weight is 273 g/mol. The van der Waals surface area contributed by atoms with Gasteiger partial charge in [0.05, 0.1) is 24.9 Å². The molecule has 0 radical (unpaired) electrons. The largest absolute Gasteiger partial charge is 0.392 e. The zero-order chi connectivity index (χ0) is 14.3. The Morgan fingerprint density at radius 2 is 1.84 bits per heavy atom. The second-order valence-corrected chi connectivity index (χ2v) is 6.26. The smallest absolute Gasteiger partial charge is 0.0897 e. The zero-order valence-electron chi connectivity index (χ0n) is 12.6. The van der Waals surface area contributed by atoms with Crippen molar-refractivity contribution in [1.29, 1.82) is 0 Å². The van der Waals surface area contributed by atoms with Crippen LogP contribution in [0.2, 0.25) is 0 Å². The van der Waals surface area contributed by atoms with Crippen LogP contribution in [0, 0.1) is 11.8 Å². The third-order valence-electron chi connectivity index (χ3n) is 4.04. The number of hydrogen-bond donors (Lipinski definition) is 3. The van der Waals surface area contributed by atoms with Gasteiger partial charge in [-0.05, 0) is 24.7 Å². The predicted octanol–water partition coefficient (Wildman–Crippen LogP) is 1.55. The summed E-state index contributed by atoms with van der Waals surface area (Å²) in [6.45, 7) is 7.58. The van der Waals surface area contributed by atoms with Gasteiger partial charge in [0.1, 0.15) is 0 Å². The van der Waals surface area contributed by atoms with Crippen molar-refractivity contribution < 1.29 is 14.9 Å². The van der Waals surface area contributed by atoms with Gasteiger partial charge in [-0.15, -0.1) is 0 Å². The third-order valence-corrected chi connectivity index (χ3v) is 4.04. The quantitative estimate of drug-likeness (QED) is 0.628. The molecule has 0 spiro atoms. The molecule has 4 unspecified atom stereocenters. The highest BCUT2D eigenvalue weighted by Gasteiger charge is 2.22. The number of rotatable bonds is 8. The van der Waals surface area contributed by atoms with Gasteiger partial charge in [0.15, 0.2) is 0 Å². The summed E-state index contributed by atoms with van der Waals surface area (Å²) in [6, 6.07) is 0. The molecule has 1 saturated carbocycles. The summed E-state index contributed by atoms with van der Waals surface area (Å²) >= 11 is 0. The standard InChI is InChI=1S/C15H31NO3/c1-11(2)14(18)9-16-8-13(17)10-19-15-7-5-4-6-12(15)3/h11-18H,4-10H2,1-3H3. The van der Waals surface area contributed by atoms with E-state index in [0.29, 0.717) is 31.7 Å². The maximum atomic E-state index is 9.85. The van der Waals surface area contributed by atoms with Gasteiger partial charge in [0, 0.05) is 13.1 Å². The second-order valence-electron chi connectivity index (χ2n) is 6.26. The van der Waals surface area contributed by atoms with Gasteiger partial charge in [-0.1, -0.05) is 33.6 Å². The lowest BCUT2D eigenvalue weighted by molar-refractivity contribution is -0.0456. The molecule has 114 valence electrons. The summed E-state index contributed by atoms with van der Waals surface area (Å²) in [6.07, 6.45) is 4.36. The summed E-state index contributed by atoms with van der Waals surface area (Å²) in [4.78, 5) is 0. The number of nitrogens with one attached hydrogen (secondary N) is 1. The third kappa shape index (κ3) is 6.70. The number of aliphatic hydroxyl groups excluding tert-OH is 2. The van der Waals surface area contributed by atoms with Crippen molar-refractivity contribution in [2.75, 3.05) is 19.7 Å². The fraction of sp³-hybridized carbons (Fsp3) is 1.00. The topological polar surface area (TPSA) is 61.7 Å². The van der Waals surface area contributed by atoms with Crippen LogP contribution in [-0.4, -0.2) is 48.2 Å². The van der Waals surface area contributed by atoms with Crippen LogP contribution in [0.15, 0.2) is 0 Å². The molecular weight excluding hydrogens is 242 g/mol. The minimum atomic E-state index is -0.492. The fourth-order valence-corrected chi connectivity index (χ4v) is 2.46. The predicted molar refractivity (Wildman–Crippen MR) is 77.1 cm³/mol. The highest BCUT2D eigenvalue weighted by atomic mass is 16.5. The molecule has 0 aliphatic heterocycles. The zero-order valence-corrected chi connectivity index (χ0v) is 12.6. The van der Waals surface area contributed by atoms with Crippen LogP contribution >= 0.6 is 0 Å². The Balaban J connectivity index is 2.08. The van der Waals surface area contributed by atoms with E-state index in [1.165, 1.54) is 19.3 Å². The first-order chi connectivity index (χ1) is 9.00. The van der Waals surface area contributed by atoms with Crippen molar-refractivity contribution in [2.45, 2.75) is 64.8 Å². The number of aliphatic hydroxyl groups is 2. The monoisotopic (exact) mass is 273 g/mol. The van der Waals surface area contributed by atoms with Crippen molar-refractivity contribution in [3.05, 3.63) is 0 Å². The Kier molecular flexibility index (Phi) is 7.91. The molecule has 1 aliphatic rings. The molecule has 1 aliphatic carbocycles. The Labute approximate surface area is 117 Å². The van der Waals surface area contributed by atoms with Crippen molar-refractivity contribution >= 4 is 0 Å². The molecule has 1 rings (SSSR count). The van der Waals surface area contributed by atoms with E-state index in [1.54, 1.807) is 0 Å². The van der Waals surface area contributed by atoms with Crippen molar-refractivity contribution in [3.63, 3.8) is 0 Å². The van der Waals surface area contributed by atoms with E-state index >= 15 is 0 Å². The summed E-state index contributed by atoms with van der Waals surface area (Å²) in [5.41, 5.74) is 0. The van der Waals surface area contributed by atoms with E-state index in [0.717, 1.165) is 6.42 Å². The van der Waals surface area contributed by atoms with E-state index in [4.69, 9.17) is 4.74 Å². The molecule has 1 fully saturated rings. The van der Waals surface area contributed by atoms with E-state index in [9.17, 15) is 10.2 Å². The van der Waals surface area contributed by atoms with Gasteiger partial charge in [-0.25, -0.2) is 0 Å². The molecule has 4 nitrogen and oxygen atoms in total. The first kappa shape index (κ1) is 16.9. The molecule has 3 N–H and O–H groups in total. The highest BCUT2D eigenvalue weighted by molar-refractivity contribution is 4.73. The van der Waals surface area contributed by atoms with Crippen LogP contribution < -0.4 is 5.32 Å². The van der Waals surface area contributed by atoms with Gasteiger partial charge in [-0.3, -0.25) is 0 Å². The molecule has 0 bridgehead atoms. The second kappa shape index (κ2) is 8.90. The van der Waals surface area contributed by atoms with E-state index in [1.807, 2.05) is 13.8 Å².